The van der Waals surface area contributed by atoms with Gasteiger partial charge in [0.25, 0.3) is 0 Å². The summed E-state index contributed by atoms with van der Waals surface area (Å²) in [7, 11) is 0. The van der Waals surface area contributed by atoms with E-state index < -0.39 is 83.6 Å². The van der Waals surface area contributed by atoms with Crippen molar-refractivity contribution in [2.45, 2.75) is 102 Å². The van der Waals surface area contributed by atoms with Crippen LogP contribution < -0.4 is 32.3 Å². The van der Waals surface area contributed by atoms with Gasteiger partial charge in [-0.1, -0.05) is 76.6 Å². The monoisotopic (exact) mass is 831 g/mol. The number of nitrogens with one attached hydrogen (secondary N) is 6. The number of H-pyrrole nitrogens is 1. The largest absolute Gasteiger partial charge is 0.508 e. The Balaban J connectivity index is 1.57. The number of amides is 6. The van der Waals surface area contributed by atoms with Crippen LogP contribution in [0.25, 0.3) is 0 Å². The van der Waals surface area contributed by atoms with E-state index in [9.17, 15) is 43.8 Å². The number of carboxylic acid groups (broad SMARTS) is 1. The van der Waals surface area contributed by atoms with Crippen molar-refractivity contribution in [2.24, 2.45) is 17.6 Å². The van der Waals surface area contributed by atoms with Crippen molar-refractivity contribution >= 4 is 41.4 Å². The van der Waals surface area contributed by atoms with Crippen molar-refractivity contribution < 1.29 is 43.8 Å². The van der Waals surface area contributed by atoms with Gasteiger partial charge >= 0.3 is 5.97 Å². The molecule has 1 aliphatic heterocycles. The maximum absolute atomic E-state index is 14.4. The molecule has 7 unspecified atom stereocenters. The molecule has 0 bridgehead atoms. The van der Waals surface area contributed by atoms with E-state index in [0.717, 1.165) is 0 Å². The second-order valence-corrected chi connectivity index (χ2v) is 15.4. The summed E-state index contributed by atoms with van der Waals surface area (Å²) in [6, 6.07) is 7.89. The number of aromatic nitrogens is 2. The first-order valence-electron chi connectivity index (χ1n) is 20.1. The lowest BCUT2D eigenvalue weighted by Gasteiger charge is -2.32. The molecule has 7 atom stereocenters. The van der Waals surface area contributed by atoms with Gasteiger partial charge in [0.2, 0.25) is 35.4 Å². The van der Waals surface area contributed by atoms with Crippen molar-refractivity contribution in [1.82, 2.24) is 41.5 Å². The molecule has 1 aliphatic rings. The number of rotatable bonds is 21. The third kappa shape index (κ3) is 13.1. The van der Waals surface area contributed by atoms with Crippen LogP contribution in [0.3, 0.4) is 0 Å². The number of aromatic amines is 1. The predicted octanol–water partition coefficient (Wildman–Crippen LogP) is 0.304. The van der Waals surface area contributed by atoms with Crippen molar-refractivity contribution in [3.63, 3.8) is 0 Å². The molecular formula is C42H57N9O9. The van der Waals surface area contributed by atoms with Gasteiger partial charge in [-0.05, 0) is 47.9 Å². The number of phenolic OH excluding ortho intramolecular Hbond substituents is 1. The molecule has 2 aromatic carbocycles. The van der Waals surface area contributed by atoms with Gasteiger partial charge in [0.1, 0.15) is 42.0 Å². The van der Waals surface area contributed by atoms with Crippen LogP contribution in [0.4, 0.5) is 0 Å². The van der Waals surface area contributed by atoms with Crippen LogP contribution in [0.1, 0.15) is 63.8 Å². The Hall–Kier alpha value is -6.30. The first kappa shape index (κ1) is 46.4. The van der Waals surface area contributed by atoms with Crippen LogP contribution >= 0.6 is 0 Å². The number of carboxylic acids is 1. The van der Waals surface area contributed by atoms with Gasteiger partial charge in [-0.2, -0.15) is 0 Å². The lowest BCUT2D eigenvalue weighted by Crippen LogP contribution is -2.61. The van der Waals surface area contributed by atoms with Crippen molar-refractivity contribution in [2.75, 3.05) is 13.1 Å². The number of imidazole rings is 1. The molecule has 60 heavy (non-hydrogen) atoms. The van der Waals surface area contributed by atoms with E-state index >= 15 is 0 Å². The molecule has 4 rings (SSSR count). The van der Waals surface area contributed by atoms with Gasteiger partial charge in [-0.25, -0.2) is 9.78 Å². The molecule has 3 aromatic rings. The molecule has 10 N–H and O–H groups in total. The summed E-state index contributed by atoms with van der Waals surface area (Å²) >= 11 is 0. The van der Waals surface area contributed by atoms with Gasteiger partial charge in [0.15, 0.2) is 0 Å². The van der Waals surface area contributed by atoms with E-state index in [1.807, 2.05) is 6.92 Å². The number of phenols is 1. The summed E-state index contributed by atoms with van der Waals surface area (Å²) < 4.78 is 0. The normalized spacial score (nSPS) is 16.7. The quantitative estimate of drug-likeness (QED) is 0.0705. The highest BCUT2D eigenvalue weighted by atomic mass is 16.4. The summed E-state index contributed by atoms with van der Waals surface area (Å²) in [6.45, 7) is 6.83. The Morgan fingerprint density at radius 1 is 0.800 bits per heavy atom. The maximum atomic E-state index is 14.4. The number of hydrogen-bond donors (Lipinski definition) is 9. The minimum atomic E-state index is -1.25. The van der Waals surface area contributed by atoms with Gasteiger partial charge in [0, 0.05) is 37.7 Å². The van der Waals surface area contributed by atoms with Gasteiger partial charge in [-0.3, -0.25) is 28.8 Å². The predicted molar refractivity (Wildman–Crippen MR) is 220 cm³/mol. The molecule has 1 aromatic heterocycles. The fraction of sp³-hybridized carbons (Fsp3) is 0.476. The maximum Gasteiger partial charge on any atom is 0.326 e. The van der Waals surface area contributed by atoms with Gasteiger partial charge in [0.05, 0.1) is 12.9 Å². The van der Waals surface area contributed by atoms with Gasteiger partial charge in [-0.15, -0.1) is 0 Å². The van der Waals surface area contributed by atoms with Crippen molar-refractivity contribution in [1.29, 1.82) is 0 Å². The third-order valence-corrected chi connectivity index (χ3v) is 10.6. The zero-order valence-electron chi connectivity index (χ0n) is 34.4. The SMILES string of the molecule is CCC(C)C(NC(=O)C(Cc1ccc(O)cc1)NC(=O)C(NC(=O)CN)C(C)C)C(=O)NC(Cc1cnc[nH]1)C(=O)N1CCCC1C(=O)NC(Cc1ccccc1)C(=O)O. The molecule has 1 saturated heterocycles. The summed E-state index contributed by atoms with van der Waals surface area (Å²) in [5.74, 6) is -5.95. The van der Waals surface area contributed by atoms with E-state index in [1.54, 1.807) is 63.2 Å². The van der Waals surface area contributed by atoms with E-state index in [4.69, 9.17) is 5.73 Å². The number of benzene rings is 2. The Labute approximate surface area is 348 Å². The Morgan fingerprint density at radius 3 is 2.03 bits per heavy atom. The van der Waals surface area contributed by atoms with E-state index in [0.29, 0.717) is 29.7 Å². The third-order valence-electron chi connectivity index (χ3n) is 10.6. The first-order chi connectivity index (χ1) is 28.6. The average Bonchev–Trinajstić information content (AvgIpc) is 3.94. The minimum absolute atomic E-state index is 0.00529. The topological polar surface area (TPSA) is 278 Å². The fourth-order valence-electron chi connectivity index (χ4n) is 6.96. The van der Waals surface area contributed by atoms with E-state index in [-0.39, 0.29) is 50.4 Å². The average molecular weight is 832 g/mol. The van der Waals surface area contributed by atoms with Crippen LogP contribution in [0.15, 0.2) is 67.1 Å². The van der Waals surface area contributed by atoms with Gasteiger partial charge < -0.3 is 52.4 Å². The molecule has 18 heteroatoms. The number of aromatic hydroxyl groups is 1. The highest BCUT2D eigenvalue weighted by molar-refractivity contribution is 5.97. The molecule has 0 spiro atoms. The van der Waals surface area contributed by atoms with Crippen molar-refractivity contribution in [3.05, 3.63) is 83.9 Å². The summed E-state index contributed by atoms with van der Waals surface area (Å²) in [5.41, 5.74) is 7.26. The summed E-state index contributed by atoms with van der Waals surface area (Å²) in [4.78, 5) is 103. The smallest absolute Gasteiger partial charge is 0.326 e. The fourth-order valence-corrected chi connectivity index (χ4v) is 6.96. The van der Waals surface area contributed by atoms with Crippen LogP contribution in [0, 0.1) is 11.8 Å². The lowest BCUT2D eigenvalue weighted by molar-refractivity contribution is -0.145. The summed E-state index contributed by atoms with van der Waals surface area (Å²) in [6.07, 6.45) is 4.00. The molecule has 0 saturated carbocycles. The molecule has 1 fully saturated rings. The van der Waals surface area contributed by atoms with Crippen molar-refractivity contribution in [3.8, 4) is 5.75 Å². The molecule has 0 aliphatic carbocycles. The molecular weight excluding hydrogens is 775 g/mol. The van der Waals surface area contributed by atoms with E-state index in [1.165, 1.54) is 29.6 Å². The first-order valence-corrected chi connectivity index (χ1v) is 20.1. The zero-order chi connectivity index (χ0) is 43.9. The van der Waals surface area contributed by atoms with Crippen LogP contribution in [-0.4, -0.2) is 116 Å². The molecule has 18 nitrogen and oxygen atoms in total. The molecule has 0 radical (unpaired) electrons. The highest BCUT2D eigenvalue weighted by Crippen LogP contribution is 2.21. The Morgan fingerprint density at radius 2 is 1.43 bits per heavy atom. The number of likely N-dealkylation sites (tertiary alicyclic amines) is 1. The number of hydrogen-bond acceptors (Lipinski definition) is 10. The minimum Gasteiger partial charge on any atom is -0.508 e. The number of nitrogens with two attached hydrogens (primary N) is 1. The second-order valence-electron chi connectivity index (χ2n) is 15.4. The molecule has 2 heterocycles. The van der Waals surface area contributed by atoms with Crippen LogP contribution in [0.2, 0.25) is 0 Å². The van der Waals surface area contributed by atoms with E-state index in [2.05, 4.69) is 36.6 Å². The number of carbonyl (C=O) groups excluding carboxylic acids is 6. The number of nitrogens with zero attached hydrogens (tertiary/aromatic N) is 2. The highest BCUT2D eigenvalue weighted by Gasteiger charge is 2.40. The molecule has 324 valence electrons. The molecule has 6 amide bonds. The number of carbonyl (C=O) groups is 7. The summed E-state index contributed by atoms with van der Waals surface area (Å²) in [5, 5.41) is 33.3. The Bertz CT molecular complexity index is 1930. The van der Waals surface area contributed by atoms with Crippen LogP contribution in [0.5, 0.6) is 5.75 Å². The standard InChI is InChI=1S/C42H57N9O9/c1-5-25(4)36(50-37(54)30(18-27-13-15-29(52)16-14-27)46-39(56)35(24(2)3)49-34(53)21-43)40(57)47-31(20-28-22-44-23-45-28)41(58)51-17-9-12-33(51)38(55)48-32(42(59)60)19-26-10-7-6-8-11-26/h6-8,10-11,13-16,22-25,30-33,35-36,52H,5,9,12,17-21,43H2,1-4H3,(H,44,45)(H,46,56)(H,47,57)(H,48,55)(H,49,53)(H,50,54)(H,59,60). The number of aliphatic carboxylic acids is 1. The second kappa shape index (κ2) is 22.2. The van der Waals surface area contributed by atoms with Crippen LogP contribution in [-0.2, 0) is 52.8 Å². The lowest BCUT2D eigenvalue weighted by atomic mass is 9.96. The Kier molecular flexibility index (Phi) is 17.1. The zero-order valence-corrected chi connectivity index (χ0v) is 34.4.